The third-order valence-corrected chi connectivity index (χ3v) is 3.70. The second-order valence-electron chi connectivity index (χ2n) is 4.98. The predicted octanol–water partition coefficient (Wildman–Crippen LogP) is 3.12. The maximum Gasteiger partial charge on any atom is 0.337 e. The Labute approximate surface area is 128 Å². The zero-order chi connectivity index (χ0) is 15.5. The first kappa shape index (κ1) is 14.2. The van der Waals surface area contributed by atoms with Gasteiger partial charge in [0.25, 0.3) is 0 Å². The lowest BCUT2D eigenvalue weighted by Gasteiger charge is -2.20. The van der Waals surface area contributed by atoms with Gasteiger partial charge in [-0.15, -0.1) is 0 Å². The minimum atomic E-state index is -0.371. The van der Waals surface area contributed by atoms with Crippen molar-refractivity contribution < 1.29 is 19.4 Å². The van der Waals surface area contributed by atoms with Crippen LogP contribution >= 0.6 is 0 Å². The number of rotatable bonds is 2. The van der Waals surface area contributed by atoms with Crippen LogP contribution in [0.3, 0.4) is 0 Å². The van der Waals surface area contributed by atoms with Crippen molar-refractivity contribution in [3.63, 3.8) is 0 Å². The van der Waals surface area contributed by atoms with E-state index in [1.54, 1.807) is 24.3 Å². The Hall–Kier alpha value is -2.75. The fraction of sp³-hybridized carbons (Fsp3) is 0.167. The lowest BCUT2D eigenvalue weighted by molar-refractivity contribution is -0.135. The summed E-state index contributed by atoms with van der Waals surface area (Å²) in [6, 6.07) is 7.20. The number of methoxy groups -OCH3 is 1. The van der Waals surface area contributed by atoms with Crippen LogP contribution in [0.4, 0.5) is 0 Å². The Kier molecular flexibility index (Phi) is 3.83. The van der Waals surface area contributed by atoms with Crippen molar-refractivity contribution >= 4 is 11.5 Å². The number of carbonyl (C=O) groups is 1. The van der Waals surface area contributed by atoms with Gasteiger partial charge in [0.15, 0.2) is 0 Å². The highest BCUT2D eigenvalue weighted by molar-refractivity contribution is 5.92. The minimum Gasteiger partial charge on any atom is -0.507 e. The van der Waals surface area contributed by atoms with Crippen LogP contribution in [0.25, 0.3) is 5.57 Å². The number of benzene rings is 1. The van der Waals surface area contributed by atoms with Gasteiger partial charge in [0, 0.05) is 11.1 Å². The van der Waals surface area contributed by atoms with E-state index in [0.717, 1.165) is 22.5 Å². The van der Waals surface area contributed by atoms with Crippen molar-refractivity contribution in [1.82, 2.24) is 0 Å². The van der Waals surface area contributed by atoms with Crippen molar-refractivity contribution in [2.75, 3.05) is 13.7 Å². The highest BCUT2D eigenvalue weighted by Crippen LogP contribution is 2.37. The number of allylic oxidation sites excluding steroid dienone is 4. The molecule has 1 N–H and O–H groups in total. The number of aromatic hydroxyl groups is 1. The summed E-state index contributed by atoms with van der Waals surface area (Å²) in [6.45, 7) is 0.431. The molecule has 4 nitrogen and oxygen atoms in total. The molecule has 0 radical (unpaired) electrons. The number of esters is 1. The molecule has 1 aliphatic heterocycles. The molecular weight excluding hydrogens is 280 g/mol. The molecule has 0 spiro atoms. The van der Waals surface area contributed by atoms with E-state index in [0.29, 0.717) is 18.6 Å². The average molecular weight is 296 g/mol. The molecule has 0 atom stereocenters. The molecule has 0 saturated carbocycles. The first-order valence-electron chi connectivity index (χ1n) is 7.02. The Morgan fingerprint density at radius 3 is 2.82 bits per heavy atom. The quantitative estimate of drug-likeness (QED) is 0.852. The normalized spacial score (nSPS) is 17.0. The van der Waals surface area contributed by atoms with E-state index in [9.17, 15) is 9.90 Å². The molecule has 0 aromatic heterocycles. The lowest BCUT2D eigenvalue weighted by Crippen LogP contribution is -2.05. The van der Waals surface area contributed by atoms with Crippen molar-refractivity contribution in [3.05, 3.63) is 71.0 Å². The Morgan fingerprint density at radius 1 is 1.23 bits per heavy atom. The van der Waals surface area contributed by atoms with Crippen LogP contribution in [0.5, 0.6) is 5.75 Å². The smallest absolute Gasteiger partial charge is 0.337 e. The molecule has 112 valence electrons. The fourth-order valence-electron chi connectivity index (χ4n) is 2.61. The van der Waals surface area contributed by atoms with Crippen molar-refractivity contribution in [1.29, 1.82) is 0 Å². The number of ether oxygens (including phenoxy) is 2. The third-order valence-electron chi connectivity index (χ3n) is 3.70. The van der Waals surface area contributed by atoms with Crippen LogP contribution in [0.2, 0.25) is 0 Å². The molecule has 22 heavy (non-hydrogen) atoms. The second kappa shape index (κ2) is 5.93. The molecule has 0 saturated heterocycles. The predicted molar refractivity (Wildman–Crippen MR) is 82.9 cm³/mol. The van der Waals surface area contributed by atoms with E-state index in [1.165, 1.54) is 7.11 Å². The number of phenolic OH excluding ortho intramolecular Hbond substituents is 1. The molecule has 0 fully saturated rings. The maximum atomic E-state index is 11.7. The SMILES string of the molecule is COC(=O)C1=CCC2=C(C=C1)OCC=C2c1ccccc1O. The van der Waals surface area contributed by atoms with Gasteiger partial charge in [0.1, 0.15) is 18.1 Å². The zero-order valence-electron chi connectivity index (χ0n) is 12.2. The largest absolute Gasteiger partial charge is 0.507 e. The van der Waals surface area contributed by atoms with Gasteiger partial charge in [0.2, 0.25) is 0 Å². The highest BCUT2D eigenvalue weighted by atomic mass is 16.5. The minimum absolute atomic E-state index is 0.230. The topological polar surface area (TPSA) is 55.8 Å². The van der Waals surface area contributed by atoms with Gasteiger partial charge in [0.05, 0.1) is 12.7 Å². The molecule has 1 aromatic rings. The highest BCUT2D eigenvalue weighted by Gasteiger charge is 2.21. The number of hydrogen-bond donors (Lipinski definition) is 1. The molecule has 3 rings (SSSR count). The number of hydrogen-bond acceptors (Lipinski definition) is 4. The van der Waals surface area contributed by atoms with Gasteiger partial charge < -0.3 is 14.6 Å². The van der Waals surface area contributed by atoms with E-state index in [2.05, 4.69) is 0 Å². The summed E-state index contributed by atoms with van der Waals surface area (Å²) in [7, 11) is 1.36. The lowest BCUT2D eigenvalue weighted by atomic mass is 9.92. The van der Waals surface area contributed by atoms with Crippen LogP contribution in [-0.2, 0) is 14.3 Å². The van der Waals surface area contributed by atoms with Gasteiger partial charge in [-0.3, -0.25) is 0 Å². The molecule has 4 heteroatoms. The molecule has 0 bridgehead atoms. The van der Waals surface area contributed by atoms with Crippen LogP contribution in [-0.4, -0.2) is 24.8 Å². The molecule has 1 aromatic carbocycles. The van der Waals surface area contributed by atoms with Crippen LogP contribution in [0.1, 0.15) is 12.0 Å². The Balaban J connectivity index is 2.00. The van der Waals surface area contributed by atoms with Crippen molar-refractivity contribution in [2.45, 2.75) is 6.42 Å². The monoisotopic (exact) mass is 296 g/mol. The first-order valence-corrected chi connectivity index (χ1v) is 7.02. The molecular formula is C18H16O4. The number of para-hydroxylation sites is 1. The summed E-state index contributed by atoms with van der Waals surface area (Å²) in [5, 5.41) is 10.1. The van der Waals surface area contributed by atoms with E-state index < -0.39 is 0 Å². The van der Waals surface area contributed by atoms with Gasteiger partial charge in [-0.2, -0.15) is 0 Å². The summed E-state index contributed by atoms with van der Waals surface area (Å²) in [5.74, 6) is 0.577. The summed E-state index contributed by atoms with van der Waals surface area (Å²) < 4.78 is 10.4. The van der Waals surface area contributed by atoms with Crippen molar-refractivity contribution in [3.8, 4) is 5.75 Å². The standard InChI is InChI=1S/C18H16O4/c1-21-18(20)12-6-8-15-13(10-11-22-17(15)9-7-12)14-4-2-3-5-16(14)19/h2-7,9-10,19H,8,11H2,1H3. The molecule has 2 aliphatic rings. The summed E-state index contributed by atoms with van der Waals surface area (Å²) in [4.78, 5) is 11.7. The molecule has 1 aliphatic carbocycles. The Morgan fingerprint density at radius 2 is 2.05 bits per heavy atom. The summed E-state index contributed by atoms with van der Waals surface area (Å²) in [6.07, 6.45) is 7.76. The fourth-order valence-corrected chi connectivity index (χ4v) is 2.61. The van der Waals surface area contributed by atoms with Crippen molar-refractivity contribution in [2.24, 2.45) is 0 Å². The van der Waals surface area contributed by atoms with Crippen LogP contribution < -0.4 is 0 Å². The zero-order valence-corrected chi connectivity index (χ0v) is 12.2. The van der Waals surface area contributed by atoms with Gasteiger partial charge in [-0.25, -0.2) is 4.79 Å². The number of carbonyl (C=O) groups excluding carboxylic acids is 1. The van der Waals surface area contributed by atoms with E-state index in [1.807, 2.05) is 24.3 Å². The van der Waals surface area contributed by atoms with Gasteiger partial charge >= 0.3 is 5.97 Å². The third kappa shape index (κ3) is 2.55. The van der Waals surface area contributed by atoms with E-state index >= 15 is 0 Å². The number of phenols is 1. The van der Waals surface area contributed by atoms with Crippen LogP contribution in [0, 0.1) is 0 Å². The van der Waals surface area contributed by atoms with Gasteiger partial charge in [-0.05, 0) is 36.3 Å². The summed E-state index contributed by atoms with van der Waals surface area (Å²) >= 11 is 0. The van der Waals surface area contributed by atoms with Crippen LogP contribution in [0.15, 0.2) is 65.5 Å². The summed E-state index contributed by atoms with van der Waals surface area (Å²) in [5.41, 5.74) is 3.15. The molecule has 1 heterocycles. The van der Waals surface area contributed by atoms with E-state index in [-0.39, 0.29) is 11.7 Å². The molecule has 0 amide bonds. The average Bonchev–Trinajstić information content (AvgIpc) is 2.77. The van der Waals surface area contributed by atoms with E-state index in [4.69, 9.17) is 9.47 Å². The second-order valence-corrected chi connectivity index (χ2v) is 4.98. The first-order chi connectivity index (χ1) is 10.7. The molecule has 0 unspecified atom stereocenters. The maximum absolute atomic E-state index is 11.7. The Bertz CT molecular complexity index is 735. The van der Waals surface area contributed by atoms with Gasteiger partial charge in [-0.1, -0.05) is 24.3 Å².